The lowest BCUT2D eigenvalue weighted by Gasteiger charge is -2.03. The van der Waals surface area contributed by atoms with Gasteiger partial charge in [0.1, 0.15) is 14.9 Å². The summed E-state index contributed by atoms with van der Waals surface area (Å²) in [4.78, 5) is 45.9. The minimum Gasteiger partial charge on any atom is -0.465 e. The Morgan fingerprint density at radius 3 is 2.14 bits per heavy atom. The Morgan fingerprint density at radius 2 is 1.69 bits per heavy atom. The molecule has 0 saturated carbocycles. The van der Waals surface area contributed by atoms with Crippen molar-refractivity contribution in [1.29, 1.82) is 0 Å². The van der Waals surface area contributed by atoms with Crippen LogP contribution in [0.4, 0.5) is 0 Å². The van der Waals surface area contributed by atoms with Gasteiger partial charge in [-0.1, -0.05) is 12.2 Å². The number of thiocarbonyl (C=S) groups is 1. The molecule has 0 aliphatic carbocycles. The summed E-state index contributed by atoms with van der Waals surface area (Å²) >= 11 is 11.4. The van der Waals surface area contributed by atoms with Crippen LogP contribution in [0.1, 0.15) is 41.7 Å². The molecule has 0 radical (unpaired) electrons. The highest BCUT2D eigenvalue weighted by atomic mass is 35.5. The molecule has 3 aromatic rings. The van der Waals surface area contributed by atoms with Crippen molar-refractivity contribution in [3.63, 3.8) is 0 Å². The normalized spacial score (nSPS) is 10.5. The molecule has 0 fully saturated rings. The van der Waals surface area contributed by atoms with E-state index in [1.54, 1.807) is 44.7 Å². The summed E-state index contributed by atoms with van der Waals surface area (Å²) in [7, 11) is 0. The lowest BCUT2D eigenvalue weighted by molar-refractivity contribution is -0.144. The molecular formula is C24H27ClN4O5S2. The molecule has 0 bridgehead atoms. The molecule has 3 rings (SSSR count). The number of ketones is 1. The number of alkyl halides is 1. The summed E-state index contributed by atoms with van der Waals surface area (Å²) in [6.07, 6.45) is 6.76. The number of carbonyl (C=O) groups is 3. The predicted octanol–water partition coefficient (Wildman–Crippen LogP) is 4.15. The van der Waals surface area contributed by atoms with E-state index in [4.69, 9.17) is 34.3 Å². The highest BCUT2D eigenvalue weighted by Crippen LogP contribution is 2.27. The zero-order valence-electron chi connectivity index (χ0n) is 20.3. The van der Waals surface area contributed by atoms with Gasteiger partial charge < -0.3 is 15.2 Å². The van der Waals surface area contributed by atoms with Crippen LogP contribution in [0, 0.1) is 6.92 Å². The zero-order valence-corrected chi connectivity index (χ0v) is 22.7. The van der Waals surface area contributed by atoms with Gasteiger partial charge in [0.2, 0.25) is 0 Å². The van der Waals surface area contributed by atoms with Crippen LogP contribution in [0.25, 0.3) is 10.6 Å². The van der Waals surface area contributed by atoms with Gasteiger partial charge >= 0.3 is 11.9 Å². The van der Waals surface area contributed by atoms with Crippen molar-refractivity contribution in [2.45, 2.75) is 33.1 Å². The standard InChI is InChI=1S/C12H12N2O2S.C6H9ClO3.C6H6N2S/c1-3-16-12(15)10-8(2)14-11(17-10)9-5-4-6-13-7-9;1-3-10-6(9)5(7)4(2)8;7-6(9)5-2-1-3-8-4-5/h4-7H,3H2,1-2H3;5H,3H2,1-2H3;1-4H,(H2,7,9). The number of hydrogen-bond acceptors (Lipinski definition) is 10. The minimum absolute atomic E-state index is 0.245. The maximum absolute atomic E-state index is 11.6. The summed E-state index contributed by atoms with van der Waals surface area (Å²) < 4.78 is 9.45. The van der Waals surface area contributed by atoms with Crippen molar-refractivity contribution >= 4 is 57.9 Å². The van der Waals surface area contributed by atoms with E-state index >= 15 is 0 Å². The van der Waals surface area contributed by atoms with Crippen LogP contribution in [0.5, 0.6) is 0 Å². The number of halogens is 1. The number of pyridine rings is 2. The third-order valence-corrected chi connectivity index (χ3v) is 5.87. The van der Waals surface area contributed by atoms with Gasteiger partial charge in [-0.2, -0.15) is 0 Å². The van der Waals surface area contributed by atoms with Gasteiger partial charge in [0.25, 0.3) is 0 Å². The molecule has 2 N–H and O–H groups in total. The fourth-order valence-electron chi connectivity index (χ4n) is 2.29. The van der Waals surface area contributed by atoms with Gasteiger partial charge in [0, 0.05) is 35.9 Å². The molecule has 3 aromatic heterocycles. The number of aromatic nitrogens is 3. The maximum Gasteiger partial charge on any atom is 0.350 e. The first-order valence-electron chi connectivity index (χ1n) is 10.7. The third kappa shape index (κ3) is 10.5. The fraction of sp³-hybridized carbons (Fsp3) is 0.292. The van der Waals surface area contributed by atoms with Gasteiger partial charge in [-0.15, -0.1) is 22.9 Å². The smallest absolute Gasteiger partial charge is 0.350 e. The number of Topliss-reactive ketones (excluding diaryl/α,β-unsaturated/α-hetero) is 1. The SMILES string of the molecule is CCOC(=O)C(Cl)C(C)=O.CCOC(=O)c1sc(-c2cccnc2)nc1C.NC(=S)c1cccnc1. The number of hydrogen-bond donors (Lipinski definition) is 1. The Labute approximate surface area is 224 Å². The number of rotatable bonds is 7. The summed E-state index contributed by atoms with van der Waals surface area (Å²) in [5.74, 6) is -1.37. The summed E-state index contributed by atoms with van der Waals surface area (Å²) in [6, 6.07) is 7.39. The van der Waals surface area contributed by atoms with E-state index in [9.17, 15) is 14.4 Å². The van der Waals surface area contributed by atoms with E-state index in [0.717, 1.165) is 16.1 Å². The Bertz CT molecular complexity index is 1140. The molecule has 0 saturated heterocycles. The first-order chi connectivity index (χ1) is 17.1. The molecule has 0 aliphatic rings. The number of carbonyl (C=O) groups excluding carboxylic acids is 3. The largest absolute Gasteiger partial charge is 0.465 e. The van der Waals surface area contributed by atoms with E-state index in [-0.39, 0.29) is 18.4 Å². The van der Waals surface area contributed by atoms with Crippen LogP contribution < -0.4 is 5.73 Å². The molecule has 0 aromatic carbocycles. The molecular weight excluding hydrogens is 524 g/mol. The van der Waals surface area contributed by atoms with E-state index in [1.807, 2.05) is 25.1 Å². The number of ether oxygens (including phenoxy) is 2. The predicted molar refractivity (Wildman–Crippen MR) is 143 cm³/mol. The topological polar surface area (TPSA) is 134 Å². The van der Waals surface area contributed by atoms with E-state index in [2.05, 4.69) is 19.7 Å². The molecule has 3 heterocycles. The molecule has 0 spiro atoms. The van der Waals surface area contributed by atoms with Gasteiger partial charge in [-0.05, 0) is 52.0 Å². The van der Waals surface area contributed by atoms with Gasteiger partial charge in [-0.25, -0.2) is 14.6 Å². The van der Waals surface area contributed by atoms with Crippen LogP contribution >= 0.6 is 35.2 Å². The second kappa shape index (κ2) is 16.4. The first kappa shape index (κ1) is 30.8. The lowest BCUT2D eigenvalue weighted by Crippen LogP contribution is -2.24. The zero-order chi connectivity index (χ0) is 27.1. The van der Waals surface area contributed by atoms with Crippen molar-refractivity contribution in [2.24, 2.45) is 5.73 Å². The summed E-state index contributed by atoms with van der Waals surface area (Å²) in [6.45, 7) is 7.11. The average molecular weight is 551 g/mol. The molecule has 9 nitrogen and oxygen atoms in total. The van der Waals surface area contributed by atoms with Crippen molar-refractivity contribution in [3.05, 3.63) is 65.2 Å². The lowest BCUT2D eigenvalue weighted by atomic mass is 10.3. The number of aryl methyl sites for hydroxylation is 1. The van der Waals surface area contributed by atoms with E-state index in [1.165, 1.54) is 18.3 Å². The monoisotopic (exact) mass is 550 g/mol. The average Bonchev–Trinajstić information content (AvgIpc) is 3.27. The third-order valence-electron chi connectivity index (χ3n) is 3.96. The van der Waals surface area contributed by atoms with Crippen LogP contribution in [0.2, 0.25) is 0 Å². The van der Waals surface area contributed by atoms with Crippen LogP contribution in [0.3, 0.4) is 0 Å². The number of esters is 2. The van der Waals surface area contributed by atoms with Gasteiger partial charge in [0.05, 0.1) is 18.9 Å². The molecule has 1 unspecified atom stereocenters. The first-order valence-corrected chi connectivity index (χ1v) is 12.3. The maximum atomic E-state index is 11.6. The Balaban J connectivity index is 0.000000293. The van der Waals surface area contributed by atoms with Crippen molar-refractivity contribution in [1.82, 2.24) is 15.0 Å². The second-order valence-corrected chi connectivity index (χ2v) is 8.60. The number of thiazole rings is 1. The Hall–Kier alpha value is -3.28. The highest BCUT2D eigenvalue weighted by Gasteiger charge is 2.20. The van der Waals surface area contributed by atoms with Gasteiger partial charge in [-0.3, -0.25) is 14.8 Å². The molecule has 0 amide bonds. The molecule has 12 heteroatoms. The number of nitrogens with two attached hydrogens (primary N) is 1. The van der Waals surface area contributed by atoms with E-state index < -0.39 is 11.3 Å². The van der Waals surface area contributed by atoms with Crippen LogP contribution in [-0.4, -0.2) is 56.3 Å². The Morgan fingerprint density at radius 1 is 1.08 bits per heavy atom. The summed E-state index contributed by atoms with van der Waals surface area (Å²) in [5.41, 5.74) is 7.73. The highest BCUT2D eigenvalue weighted by molar-refractivity contribution is 7.80. The van der Waals surface area contributed by atoms with Crippen molar-refractivity contribution in [2.75, 3.05) is 13.2 Å². The molecule has 1 atom stereocenters. The molecule has 36 heavy (non-hydrogen) atoms. The quantitative estimate of drug-likeness (QED) is 0.198. The van der Waals surface area contributed by atoms with Gasteiger partial charge in [0.15, 0.2) is 11.2 Å². The second-order valence-electron chi connectivity index (χ2n) is 6.73. The minimum atomic E-state index is -1.14. The number of nitrogens with zero attached hydrogens (tertiary/aromatic N) is 3. The van der Waals surface area contributed by atoms with E-state index in [0.29, 0.717) is 22.2 Å². The van der Waals surface area contributed by atoms with Crippen molar-refractivity contribution < 1.29 is 23.9 Å². The van der Waals surface area contributed by atoms with Crippen LogP contribution in [0.15, 0.2) is 49.1 Å². The fourth-order valence-corrected chi connectivity index (χ4v) is 3.42. The molecule has 0 aliphatic heterocycles. The summed E-state index contributed by atoms with van der Waals surface area (Å²) in [5, 5.41) is -0.349. The van der Waals surface area contributed by atoms with Crippen LogP contribution in [-0.2, 0) is 19.1 Å². The Kier molecular flexibility index (Phi) is 14.0. The molecule has 192 valence electrons. The van der Waals surface area contributed by atoms with Crippen molar-refractivity contribution in [3.8, 4) is 10.6 Å².